The Labute approximate surface area is 243 Å². The third-order valence-electron chi connectivity index (χ3n) is 5.71. The molecule has 0 saturated carbocycles. The average molecular weight is 567 g/mol. The van der Waals surface area contributed by atoms with Crippen LogP contribution in [0, 0.1) is 0 Å². The van der Waals surface area contributed by atoms with Crippen LogP contribution < -0.4 is 0 Å². The Morgan fingerprint density at radius 3 is 1.15 bits per heavy atom. The minimum absolute atomic E-state index is 0.316. The SMILES string of the molecule is O=C(OCCSSCCOC(=O)c1ccc(/C=C/c2ccccc2)cc1)c1ccc(/C=C/c2ccccc2)cc1. The Bertz CT molecular complexity index is 1290. The molecule has 0 atom stereocenters. The molecule has 4 aromatic rings. The molecule has 0 fully saturated rings. The first kappa shape index (κ1) is 29.0. The first-order valence-electron chi connectivity index (χ1n) is 12.9. The van der Waals surface area contributed by atoms with E-state index in [-0.39, 0.29) is 11.9 Å². The number of ether oxygens (including phenoxy) is 2. The molecule has 0 bridgehead atoms. The molecule has 0 N–H and O–H groups in total. The maximum Gasteiger partial charge on any atom is 0.338 e. The molecule has 0 aliphatic heterocycles. The van der Waals surface area contributed by atoms with Crippen molar-refractivity contribution in [2.45, 2.75) is 0 Å². The predicted molar refractivity (Wildman–Crippen MR) is 169 cm³/mol. The van der Waals surface area contributed by atoms with Crippen LogP contribution in [0.4, 0.5) is 0 Å². The van der Waals surface area contributed by atoms with E-state index in [0.717, 1.165) is 22.3 Å². The highest BCUT2D eigenvalue weighted by molar-refractivity contribution is 8.76. The minimum Gasteiger partial charge on any atom is -0.461 e. The van der Waals surface area contributed by atoms with Crippen LogP contribution in [-0.4, -0.2) is 36.7 Å². The van der Waals surface area contributed by atoms with Gasteiger partial charge in [0.15, 0.2) is 0 Å². The van der Waals surface area contributed by atoms with Gasteiger partial charge in [0, 0.05) is 11.5 Å². The monoisotopic (exact) mass is 566 g/mol. The van der Waals surface area contributed by atoms with Gasteiger partial charge in [-0.15, -0.1) is 0 Å². The van der Waals surface area contributed by atoms with Gasteiger partial charge in [0.1, 0.15) is 13.2 Å². The van der Waals surface area contributed by atoms with E-state index >= 15 is 0 Å². The molecular weight excluding hydrogens is 537 g/mol. The second-order valence-corrected chi connectivity index (χ2v) is 11.3. The molecular formula is C34H30O4S2. The molecule has 0 amide bonds. The first-order chi connectivity index (χ1) is 19.7. The molecule has 202 valence electrons. The molecule has 40 heavy (non-hydrogen) atoms. The number of esters is 2. The summed E-state index contributed by atoms with van der Waals surface area (Å²) in [6.07, 6.45) is 8.09. The van der Waals surface area contributed by atoms with Crippen molar-refractivity contribution in [2.24, 2.45) is 0 Å². The lowest BCUT2D eigenvalue weighted by molar-refractivity contribution is 0.0520. The van der Waals surface area contributed by atoms with E-state index < -0.39 is 0 Å². The Morgan fingerprint density at radius 2 is 0.800 bits per heavy atom. The van der Waals surface area contributed by atoms with Crippen LogP contribution in [0.1, 0.15) is 43.0 Å². The van der Waals surface area contributed by atoms with Crippen molar-refractivity contribution < 1.29 is 19.1 Å². The molecule has 0 aliphatic carbocycles. The van der Waals surface area contributed by atoms with Crippen LogP contribution in [0.25, 0.3) is 24.3 Å². The smallest absolute Gasteiger partial charge is 0.338 e. The quantitative estimate of drug-likeness (QED) is 0.0701. The molecule has 0 saturated heterocycles. The second kappa shape index (κ2) is 16.2. The maximum absolute atomic E-state index is 12.3. The molecule has 4 rings (SSSR count). The van der Waals surface area contributed by atoms with Crippen molar-refractivity contribution in [3.05, 3.63) is 143 Å². The Morgan fingerprint density at radius 1 is 0.475 bits per heavy atom. The zero-order valence-electron chi connectivity index (χ0n) is 22.0. The van der Waals surface area contributed by atoms with Crippen molar-refractivity contribution >= 4 is 57.8 Å². The highest BCUT2D eigenvalue weighted by atomic mass is 33.1. The van der Waals surface area contributed by atoms with Gasteiger partial charge >= 0.3 is 11.9 Å². The summed E-state index contributed by atoms with van der Waals surface area (Å²) in [7, 11) is 3.16. The number of benzene rings is 4. The van der Waals surface area contributed by atoms with Crippen molar-refractivity contribution in [1.82, 2.24) is 0 Å². The predicted octanol–water partition coefficient (Wildman–Crippen LogP) is 8.42. The van der Waals surface area contributed by atoms with Gasteiger partial charge in [-0.25, -0.2) is 9.59 Å². The number of rotatable bonds is 13. The normalized spacial score (nSPS) is 11.1. The van der Waals surface area contributed by atoms with Gasteiger partial charge in [0.25, 0.3) is 0 Å². The van der Waals surface area contributed by atoms with Gasteiger partial charge in [-0.3, -0.25) is 0 Å². The summed E-state index contributed by atoms with van der Waals surface area (Å²) in [5, 5.41) is 0. The summed E-state index contributed by atoms with van der Waals surface area (Å²) in [5.74, 6) is 0.639. The van der Waals surface area contributed by atoms with Crippen LogP contribution in [0.5, 0.6) is 0 Å². The van der Waals surface area contributed by atoms with Crippen molar-refractivity contribution in [2.75, 3.05) is 24.7 Å². The fraction of sp³-hybridized carbons (Fsp3) is 0.118. The van der Waals surface area contributed by atoms with Crippen LogP contribution in [0.15, 0.2) is 109 Å². The molecule has 4 aromatic carbocycles. The summed E-state index contributed by atoms with van der Waals surface area (Å²) in [6.45, 7) is 0.633. The molecule has 0 unspecified atom stereocenters. The standard InChI is InChI=1S/C34H30O4S2/c35-33(31-19-15-29(16-20-31)13-11-27-7-3-1-4-8-27)37-23-25-39-40-26-24-38-34(36)32-21-17-30(18-22-32)14-12-28-9-5-2-6-10-28/h1-22H,23-26H2/b13-11+,14-12+. The van der Waals surface area contributed by atoms with Crippen LogP contribution >= 0.6 is 21.6 Å². The van der Waals surface area contributed by atoms with E-state index in [1.54, 1.807) is 45.9 Å². The molecule has 0 heterocycles. The molecule has 0 aromatic heterocycles. The molecule has 0 spiro atoms. The van der Waals surface area contributed by atoms with E-state index in [9.17, 15) is 9.59 Å². The number of carbonyl (C=O) groups excluding carboxylic acids is 2. The lowest BCUT2D eigenvalue weighted by Crippen LogP contribution is -2.08. The average Bonchev–Trinajstić information content (AvgIpc) is 3.01. The zero-order chi connectivity index (χ0) is 27.8. The molecule has 6 heteroatoms. The third-order valence-corrected chi connectivity index (χ3v) is 8.04. The number of hydrogen-bond donors (Lipinski definition) is 0. The molecule has 4 nitrogen and oxygen atoms in total. The van der Waals surface area contributed by atoms with Gasteiger partial charge in [0.05, 0.1) is 11.1 Å². The summed E-state index contributed by atoms with van der Waals surface area (Å²) < 4.78 is 10.7. The Hall–Kier alpha value is -4.00. The van der Waals surface area contributed by atoms with Crippen LogP contribution in [0.2, 0.25) is 0 Å². The maximum atomic E-state index is 12.3. The van der Waals surface area contributed by atoms with Crippen molar-refractivity contribution in [3.8, 4) is 0 Å². The first-order valence-corrected chi connectivity index (χ1v) is 15.4. The van der Waals surface area contributed by atoms with Gasteiger partial charge in [-0.1, -0.05) is 131 Å². The highest BCUT2D eigenvalue weighted by Gasteiger charge is 2.08. The van der Waals surface area contributed by atoms with Gasteiger partial charge in [0.2, 0.25) is 0 Å². The van der Waals surface area contributed by atoms with E-state index in [0.29, 0.717) is 35.8 Å². The summed E-state index contributed by atoms with van der Waals surface area (Å²) >= 11 is 0. The molecule has 0 radical (unpaired) electrons. The Kier molecular flexibility index (Phi) is 11.7. The van der Waals surface area contributed by atoms with E-state index in [1.807, 2.05) is 109 Å². The third kappa shape index (κ3) is 9.95. The van der Waals surface area contributed by atoms with E-state index in [1.165, 1.54) is 0 Å². The molecule has 0 aliphatic rings. The van der Waals surface area contributed by atoms with Gasteiger partial charge < -0.3 is 9.47 Å². The zero-order valence-corrected chi connectivity index (χ0v) is 23.6. The van der Waals surface area contributed by atoms with E-state index in [2.05, 4.69) is 0 Å². The lowest BCUT2D eigenvalue weighted by atomic mass is 10.1. The second-order valence-electron chi connectivity index (χ2n) is 8.65. The number of hydrogen-bond acceptors (Lipinski definition) is 6. The minimum atomic E-state index is -0.334. The highest BCUT2D eigenvalue weighted by Crippen LogP contribution is 2.21. The lowest BCUT2D eigenvalue weighted by Gasteiger charge is -2.06. The fourth-order valence-corrected chi connectivity index (χ4v) is 5.25. The summed E-state index contributed by atoms with van der Waals surface area (Å²) in [5.41, 5.74) is 5.33. The largest absolute Gasteiger partial charge is 0.461 e. The van der Waals surface area contributed by atoms with E-state index in [4.69, 9.17) is 9.47 Å². The number of carbonyl (C=O) groups is 2. The summed E-state index contributed by atoms with van der Waals surface area (Å²) in [4.78, 5) is 24.6. The van der Waals surface area contributed by atoms with Gasteiger partial charge in [-0.2, -0.15) is 0 Å². The van der Waals surface area contributed by atoms with Crippen molar-refractivity contribution in [1.29, 1.82) is 0 Å². The topological polar surface area (TPSA) is 52.6 Å². The van der Waals surface area contributed by atoms with Crippen LogP contribution in [-0.2, 0) is 9.47 Å². The van der Waals surface area contributed by atoms with Crippen molar-refractivity contribution in [3.63, 3.8) is 0 Å². The summed E-state index contributed by atoms with van der Waals surface area (Å²) in [6, 6.07) is 34.8. The Balaban J connectivity index is 1.06. The fourth-order valence-electron chi connectivity index (χ4n) is 3.60. The van der Waals surface area contributed by atoms with Crippen LogP contribution in [0.3, 0.4) is 0 Å². The van der Waals surface area contributed by atoms with Gasteiger partial charge in [-0.05, 0) is 46.5 Å².